The normalized spacial score (nSPS) is 22.4. The fourth-order valence-electron chi connectivity index (χ4n) is 2.15. The number of halogens is 1. The number of hydrogen-bond donors (Lipinski definition) is 2. The van der Waals surface area contributed by atoms with Gasteiger partial charge in [-0.05, 0) is 43.5 Å². The van der Waals surface area contributed by atoms with Crippen LogP contribution in [-0.4, -0.2) is 31.7 Å². The maximum absolute atomic E-state index is 11.7. The van der Waals surface area contributed by atoms with Crippen LogP contribution in [0, 0.1) is 5.92 Å². The molecule has 4 nitrogen and oxygen atoms in total. The molecule has 1 heterocycles. The number of ether oxygens (including phenoxy) is 1. The van der Waals surface area contributed by atoms with E-state index in [1.807, 2.05) is 0 Å². The number of carbonyl (C=O) groups excluding carboxylic acids is 1. The highest BCUT2D eigenvalue weighted by atomic mass is 35.5. The molecule has 2 atom stereocenters. The van der Waals surface area contributed by atoms with E-state index < -0.39 is 0 Å². The number of carbonyl (C=O) groups is 1. The van der Waals surface area contributed by atoms with Gasteiger partial charge in [-0.25, -0.2) is 0 Å². The Labute approximate surface area is 118 Å². The summed E-state index contributed by atoms with van der Waals surface area (Å²) < 4.78 is 5.48. The lowest BCUT2D eigenvalue weighted by Gasteiger charge is -2.14. The van der Waals surface area contributed by atoms with Crippen LogP contribution in [0.15, 0.2) is 24.3 Å². The third-order valence-corrected chi connectivity index (χ3v) is 3.61. The second kappa shape index (κ2) is 6.89. The molecule has 104 valence electrons. The number of hydrogen-bond acceptors (Lipinski definition) is 3. The third kappa shape index (κ3) is 4.49. The molecular weight excluding hydrogens is 264 g/mol. The summed E-state index contributed by atoms with van der Waals surface area (Å²) in [7, 11) is 0. The van der Waals surface area contributed by atoms with Gasteiger partial charge < -0.3 is 15.4 Å². The van der Waals surface area contributed by atoms with Crippen molar-refractivity contribution in [2.24, 2.45) is 5.92 Å². The van der Waals surface area contributed by atoms with Gasteiger partial charge in [0, 0.05) is 23.9 Å². The number of anilines is 1. The highest BCUT2D eigenvalue weighted by Gasteiger charge is 2.23. The van der Waals surface area contributed by atoms with Gasteiger partial charge in [-0.2, -0.15) is 0 Å². The fourth-order valence-corrected chi connectivity index (χ4v) is 2.28. The van der Waals surface area contributed by atoms with Crippen LogP contribution >= 0.6 is 11.6 Å². The molecule has 1 fully saturated rings. The molecule has 5 heteroatoms. The largest absolute Gasteiger partial charge is 0.378 e. The lowest BCUT2D eigenvalue weighted by molar-refractivity contribution is -0.115. The smallest absolute Gasteiger partial charge is 0.238 e. The summed E-state index contributed by atoms with van der Waals surface area (Å²) in [6.45, 7) is 4.03. The van der Waals surface area contributed by atoms with Crippen LogP contribution in [0.2, 0.25) is 5.02 Å². The van der Waals surface area contributed by atoms with Crippen molar-refractivity contribution in [2.45, 2.75) is 19.4 Å². The molecule has 0 aromatic heterocycles. The standard InChI is InChI=1S/C14H19ClN2O2/c1-10-11(6-7-19-10)8-16-9-14(18)17-13-4-2-12(15)3-5-13/h2-5,10-11,16H,6-9H2,1H3,(H,17,18). The summed E-state index contributed by atoms with van der Waals surface area (Å²) in [4.78, 5) is 11.7. The van der Waals surface area contributed by atoms with Crippen molar-refractivity contribution in [3.8, 4) is 0 Å². The minimum atomic E-state index is -0.0473. The Morgan fingerprint density at radius 2 is 2.16 bits per heavy atom. The summed E-state index contributed by atoms with van der Waals surface area (Å²) in [5.74, 6) is 0.456. The molecule has 2 N–H and O–H groups in total. The van der Waals surface area contributed by atoms with Gasteiger partial charge in [0.25, 0.3) is 0 Å². The average molecular weight is 283 g/mol. The lowest BCUT2D eigenvalue weighted by atomic mass is 10.0. The first-order chi connectivity index (χ1) is 9.15. The maximum atomic E-state index is 11.7. The van der Waals surface area contributed by atoms with Crippen LogP contribution in [0.1, 0.15) is 13.3 Å². The van der Waals surface area contributed by atoms with Gasteiger partial charge in [-0.3, -0.25) is 4.79 Å². The zero-order valence-corrected chi connectivity index (χ0v) is 11.7. The van der Waals surface area contributed by atoms with Gasteiger partial charge in [0.05, 0.1) is 12.6 Å². The lowest BCUT2D eigenvalue weighted by Crippen LogP contribution is -2.33. The van der Waals surface area contributed by atoms with Gasteiger partial charge in [0.1, 0.15) is 0 Å². The minimum absolute atomic E-state index is 0.0473. The molecule has 1 amide bonds. The van der Waals surface area contributed by atoms with Crippen LogP contribution < -0.4 is 10.6 Å². The van der Waals surface area contributed by atoms with Crippen LogP contribution in [0.4, 0.5) is 5.69 Å². The average Bonchev–Trinajstić information content (AvgIpc) is 2.78. The summed E-state index contributed by atoms with van der Waals surface area (Å²) >= 11 is 5.78. The fraction of sp³-hybridized carbons (Fsp3) is 0.500. The van der Waals surface area contributed by atoms with Gasteiger partial charge in [-0.1, -0.05) is 11.6 Å². The first kappa shape index (κ1) is 14.3. The van der Waals surface area contributed by atoms with Gasteiger partial charge in [-0.15, -0.1) is 0 Å². The van der Waals surface area contributed by atoms with Gasteiger partial charge in [0.2, 0.25) is 5.91 Å². The maximum Gasteiger partial charge on any atom is 0.238 e. The minimum Gasteiger partial charge on any atom is -0.378 e. The van der Waals surface area contributed by atoms with E-state index in [0.29, 0.717) is 17.5 Å². The summed E-state index contributed by atoms with van der Waals surface area (Å²) in [5.41, 5.74) is 0.758. The van der Waals surface area contributed by atoms with Crippen LogP contribution in [0.3, 0.4) is 0 Å². The van der Waals surface area contributed by atoms with Crippen molar-refractivity contribution < 1.29 is 9.53 Å². The Morgan fingerprint density at radius 3 is 2.79 bits per heavy atom. The van der Waals surface area contributed by atoms with Crippen LogP contribution in [-0.2, 0) is 9.53 Å². The summed E-state index contributed by atoms with van der Waals surface area (Å²) in [6.07, 6.45) is 1.35. The first-order valence-corrected chi connectivity index (χ1v) is 6.90. The van der Waals surface area contributed by atoms with E-state index in [4.69, 9.17) is 16.3 Å². The molecule has 0 aliphatic carbocycles. The van der Waals surface area contributed by atoms with Crippen molar-refractivity contribution in [1.29, 1.82) is 0 Å². The zero-order chi connectivity index (χ0) is 13.7. The Kier molecular flexibility index (Phi) is 5.19. The zero-order valence-electron chi connectivity index (χ0n) is 11.0. The van der Waals surface area contributed by atoms with Crippen LogP contribution in [0.25, 0.3) is 0 Å². The van der Waals surface area contributed by atoms with E-state index in [9.17, 15) is 4.79 Å². The molecule has 1 aromatic rings. The SMILES string of the molecule is CC1OCCC1CNCC(=O)Nc1ccc(Cl)cc1. The molecule has 1 aliphatic rings. The number of amides is 1. The first-order valence-electron chi connectivity index (χ1n) is 6.53. The van der Waals surface area contributed by atoms with E-state index in [2.05, 4.69) is 17.6 Å². The molecule has 0 bridgehead atoms. The predicted molar refractivity (Wildman–Crippen MR) is 76.5 cm³/mol. The van der Waals surface area contributed by atoms with E-state index in [1.54, 1.807) is 24.3 Å². The van der Waals surface area contributed by atoms with Crippen molar-refractivity contribution in [3.63, 3.8) is 0 Å². The second-order valence-corrected chi connectivity index (χ2v) is 5.25. The molecule has 1 saturated heterocycles. The molecule has 0 radical (unpaired) electrons. The molecule has 19 heavy (non-hydrogen) atoms. The highest BCUT2D eigenvalue weighted by Crippen LogP contribution is 2.19. The number of nitrogens with one attached hydrogen (secondary N) is 2. The molecule has 0 spiro atoms. The highest BCUT2D eigenvalue weighted by molar-refractivity contribution is 6.30. The van der Waals surface area contributed by atoms with Crippen LogP contribution in [0.5, 0.6) is 0 Å². The van der Waals surface area contributed by atoms with Crippen molar-refractivity contribution in [3.05, 3.63) is 29.3 Å². The Bertz CT molecular complexity index is 422. The topological polar surface area (TPSA) is 50.4 Å². The number of benzene rings is 1. The summed E-state index contributed by atoms with van der Waals surface area (Å²) in [5, 5.41) is 6.64. The van der Waals surface area contributed by atoms with E-state index in [0.717, 1.165) is 25.3 Å². The predicted octanol–water partition coefficient (Wildman–Crippen LogP) is 2.29. The summed E-state index contributed by atoms with van der Waals surface area (Å²) in [6, 6.07) is 7.07. The molecule has 2 rings (SSSR count). The van der Waals surface area contributed by atoms with Crippen molar-refractivity contribution >= 4 is 23.2 Å². The van der Waals surface area contributed by atoms with Crippen molar-refractivity contribution in [1.82, 2.24) is 5.32 Å². The molecule has 0 saturated carbocycles. The molecular formula is C14H19ClN2O2. The van der Waals surface area contributed by atoms with E-state index in [1.165, 1.54) is 0 Å². The van der Waals surface area contributed by atoms with Crippen molar-refractivity contribution in [2.75, 3.05) is 25.0 Å². The quantitative estimate of drug-likeness (QED) is 0.871. The Hall–Kier alpha value is -1.10. The Morgan fingerprint density at radius 1 is 1.42 bits per heavy atom. The second-order valence-electron chi connectivity index (χ2n) is 4.81. The molecule has 2 unspecified atom stereocenters. The number of rotatable bonds is 5. The molecule has 1 aromatic carbocycles. The molecule has 1 aliphatic heterocycles. The van der Waals surface area contributed by atoms with Gasteiger partial charge in [0.15, 0.2) is 0 Å². The van der Waals surface area contributed by atoms with E-state index >= 15 is 0 Å². The van der Waals surface area contributed by atoms with Gasteiger partial charge >= 0.3 is 0 Å². The third-order valence-electron chi connectivity index (χ3n) is 3.35. The Balaban J connectivity index is 1.68. The monoisotopic (exact) mass is 282 g/mol. The van der Waals surface area contributed by atoms with E-state index in [-0.39, 0.29) is 12.0 Å².